The quantitative estimate of drug-likeness (QED) is 0.261. The minimum atomic E-state index is 0.509. The van der Waals surface area contributed by atoms with Crippen molar-refractivity contribution in [3.63, 3.8) is 0 Å². The van der Waals surface area contributed by atoms with Crippen LogP contribution in [0.3, 0.4) is 0 Å². The van der Waals surface area contributed by atoms with E-state index in [1.54, 1.807) is 6.26 Å². The molecular weight excluding hydrogens is 358 g/mol. The van der Waals surface area contributed by atoms with Crippen molar-refractivity contribution >= 4 is 11.6 Å². The predicted molar refractivity (Wildman–Crippen MR) is 120 cm³/mol. The molecule has 0 fully saturated rings. The second-order valence-corrected chi connectivity index (χ2v) is 7.09. The van der Waals surface area contributed by atoms with Crippen molar-refractivity contribution in [1.29, 1.82) is 0 Å². The first-order valence-corrected chi connectivity index (χ1v) is 9.86. The number of benzene rings is 3. The number of hydrogen-bond acceptors (Lipinski definition) is 3. The topological polar surface area (TPSA) is 30.8 Å². The highest BCUT2D eigenvalue weighted by Gasteiger charge is 2.08. The van der Waals surface area contributed by atoms with Gasteiger partial charge in [0.05, 0.1) is 11.9 Å². The maximum atomic E-state index is 6.16. The fourth-order valence-corrected chi connectivity index (χ4v) is 2.69. The predicted octanol–water partition coefficient (Wildman–Crippen LogP) is 6.96. The lowest BCUT2D eigenvalue weighted by Crippen LogP contribution is -2.11. The first-order chi connectivity index (χ1) is 14.0. The molecule has 0 saturated carbocycles. The molecule has 3 rings (SSSR count). The molecule has 0 amide bonds. The van der Waals surface area contributed by atoms with E-state index in [2.05, 4.69) is 26.8 Å². The smallest absolute Gasteiger partial charge is 0.225 e. The molecule has 0 unspecified atom stereocenters. The molecule has 3 heteroatoms. The number of nitrogens with zero attached hydrogens (tertiary/aromatic N) is 1. The van der Waals surface area contributed by atoms with Gasteiger partial charge in [0.25, 0.3) is 0 Å². The molecule has 148 valence electrons. The molecular formula is C26H27NO2. The maximum absolute atomic E-state index is 6.16. The lowest BCUT2D eigenvalue weighted by Gasteiger charge is -2.11. The summed E-state index contributed by atoms with van der Waals surface area (Å²) in [5.74, 6) is 2.05. The summed E-state index contributed by atoms with van der Waals surface area (Å²) in [5, 5.41) is 0. The minimum Gasteiger partial charge on any atom is -0.465 e. The molecule has 3 nitrogen and oxygen atoms in total. The highest BCUT2D eigenvalue weighted by Crippen LogP contribution is 2.20. The van der Waals surface area contributed by atoms with Gasteiger partial charge in [0.2, 0.25) is 5.90 Å². The molecule has 0 atom stereocenters. The van der Waals surface area contributed by atoms with Gasteiger partial charge in [-0.2, -0.15) is 0 Å². The molecule has 0 aliphatic heterocycles. The van der Waals surface area contributed by atoms with Gasteiger partial charge >= 0.3 is 0 Å². The lowest BCUT2D eigenvalue weighted by atomic mass is 10.2. The third kappa shape index (κ3) is 6.08. The van der Waals surface area contributed by atoms with Crippen LogP contribution in [0, 0.1) is 13.8 Å². The molecule has 0 aromatic heterocycles. The van der Waals surface area contributed by atoms with Crippen molar-refractivity contribution in [2.75, 3.05) is 0 Å². The summed E-state index contributed by atoms with van der Waals surface area (Å²) in [6, 6.07) is 24.0. The fraction of sp³-hybridized carbons (Fsp3) is 0.192. The number of hydrogen-bond donors (Lipinski definition) is 0. The molecule has 0 bridgehead atoms. The summed E-state index contributed by atoms with van der Waals surface area (Å²) in [6.07, 6.45) is 2.63. The van der Waals surface area contributed by atoms with E-state index in [-0.39, 0.29) is 0 Å². The Bertz CT molecular complexity index is 1000. The van der Waals surface area contributed by atoms with E-state index in [0.717, 1.165) is 29.2 Å². The molecule has 3 aromatic rings. The van der Waals surface area contributed by atoms with E-state index in [1.807, 2.05) is 73.7 Å². The highest BCUT2D eigenvalue weighted by atomic mass is 16.5. The maximum Gasteiger partial charge on any atom is 0.225 e. The molecule has 0 aliphatic rings. The van der Waals surface area contributed by atoms with Crippen LogP contribution in [0.1, 0.15) is 30.5 Å². The molecule has 0 spiro atoms. The van der Waals surface area contributed by atoms with Crippen LogP contribution >= 0.6 is 0 Å². The van der Waals surface area contributed by atoms with Gasteiger partial charge in [0.15, 0.2) is 0 Å². The van der Waals surface area contributed by atoms with E-state index >= 15 is 0 Å². The first kappa shape index (κ1) is 20.4. The average Bonchev–Trinajstić information content (AvgIpc) is 2.74. The monoisotopic (exact) mass is 385 g/mol. The van der Waals surface area contributed by atoms with Gasteiger partial charge in [0, 0.05) is 5.57 Å². The van der Waals surface area contributed by atoms with Crippen LogP contribution < -0.4 is 9.47 Å². The van der Waals surface area contributed by atoms with Crippen molar-refractivity contribution in [2.24, 2.45) is 4.99 Å². The van der Waals surface area contributed by atoms with Gasteiger partial charge < -0.3 is 9.47 Å². The Morgan fingerprint density at radius 1 is 0.862 bits per heavy atom. The summed E-state index contributed by atoms with van der Waals surface area (Å²) in [7, 11) is 0. The second kappa shape index (κ2) is 9.74. The van der Waals surface area contributed by atoms with E-state index in [0.29, 0.717) is 5.90 Å². The first-order valence-electron chi connectivity index (χ1n) is 9.86. The summed E-state index contributed by atoms with van der Waals surface area (Å²) in [4.78, 5) is 4.72. The third-order valence-corrected chi connectivity index (χ3v) is 4.52. The third-order valence-electron chi connectivity index (χ3n) is 4.52. The number of aryl methyl sites for hydroxylation is 3. The zero-order valence-electron chi connectivity index (χ0n) is 17.5. The minimum absolute atomic E-state index is 0.509. The Hall–Kier alpha value is -3.33. The fourth-order valence-electron chi connectivity index (χ4n) is 2.69. The Morgan fingerprint density at radius 2 is 1.52 bits per heavy atom. The normalized spacial score (nSPS) is 12.0. The Labute approximate surface area is 173 Å². The zero-order chi connectivity index (χ0) is 20.6. The van der Waals surface area contributed by atoms with Gasteiger partial charge in [-0.05, 0) is 69.2 Å². The summed E-state index contributed by atoms with van der Waals surface area (Å²) in [5.41, 5.74) is 5.24. The van der Waals surface area contributed by atoms with Crippen molar-refractivity contribution in [3.05, 3.63) is 101 Å². The van der Waals surface area contributed by atoms with E-state index < -0.39 is 0 Å². The second-order valence-electron chi connectivity index (χ2n) is 7.09. The van der Waals surface area contributed by atoms with Crippen LogP contribution in [-0.2, 0) is 6.42 Å². The standard InChI is InChI=1S/C26H27NO2/c1-5-22-7-6-8-25(17-22)29-26(27-23-13-9-19(2)10-14-23)21(4)18-28-24-15-11-20(3)12-16-24/h6-18H,5H2,1-4H3/b21-18+,27-26-. The number of aliphatic imine (C=N–C) groups is 1. The highest BCUT2D eigenvalue weighted by molar-refractivity contribution is 5.96. The Morgan fingerprint density at radius 3 is 2.17 bits per heavy atom. The van der Waals surface area contributed by atoms with Crippen LogP contribution in [0.4, 0.5) is 5.69 Å². The lowest BCUT2D eigenvalue weighted by molar-refractivity contribution is 0.473. The average molecular weight is 386 g/mol. The SMILES string of the molecule is CCc1cccc(OC(=N\c2ccc(C)cc2)/C(C)=C/Oc2ccc(C)cc2)c1. The van der Waals surface area contributed by atoms with Crippen molar-refractivity contribution in [3.8, 4) is 11.5 Å². The van der Waals surface area contributed by atoms with E-state index in [9.17, 15) is 0 Å². The van der Waals surface area contributed by atoms with Gasteiger partial charge in [-0.1, -0.05) is 54.4 Å². The zero-order valence-corrected chi connectivity index (χ0v) is 17.5. The van der Waals surface area contributed by atoms with Gasteiger partial charge in [0.1, 0.15) is 11.5 Å². The summed E-state index contributed by atoms with van der Waals surface area (Å²) < 4.78 is 12.0. The molecule has 0 N–H and O–H groups in total. The Balaban J connectivity index is 1.89. The van der Waals surface area contributed by atoms with Crippen LogP contribution in [0.15, 0.2) is 89.6 Å². The van der Waals surface area contributed by atoms with Gasteiger partial charge in [-0.25, -0.2) is 4.99 Å². The number of rotatable bonds is 6. The molecule has 0 heterocycles. The largest absolute Gasteiger partial charge is 0.465 e. The summed E-state index contributed by atoms with van der Waals surface area (Å²) >= 11 is 0. The van der Waals surface area contributed by atoms with E-state index in [1.165, 1.54) is 16.7 Å². The van der Waals surface area contributed by atoms with Crippen molar-refractivity contribution in [2.45, 2.75) is 34.1 Å². The van der Waals surface area contributed by atoms with Crippen LogP contribution in [0.2, 0.25) is 0 Å². The van der Waals surface area contributed by atoms with Crippen LogP contribution in [0.5, 0.6) is 11.5 Å². The summed E-state index contributed by atoms with van der Waals surface area (Å²) in [6.45, 7) is 8.17. The van der Waals surface area contributed by atoms with Crippen LogP contribution in [-0.4, -0.2) is 5.90 Å². The van der Waals surface area contributed by atoms with Crippen molar-refractivity contribution in [1.82, 2.24) is 0 Å². The van der Waals surface area contributed by atoms with Gasteiger partial charge in [-0.15, -0.1) is 0 Å². The molecule has 29 heavy (non-hydrogen) atoms. The molecule has 0 radical (unpaired) electrons. The molecule has 0 saturated heterocycles. The molecule has 3 aromatic carbocycles. The van der Waals surface area contributed by atoms with Gasteiger partial charge in [-0.3, -0.25) is 0 Å². The van der Waals surface area contributed by atoms with E-state index in [4.69, 9.17) is 14.5 Å². The molecule has 0 aliphatic carbocycles. The van der Waals surface area contributed by atoms with Crippen LogP contribution in [0.25, 0.3) is 0 Å². The van der Waals surface area contributed by atoms with Crippen molar-refractivity contribution < 1.29 is 9.47 Å². The Kier molecular flexibility index (Phi) is 6.85. The number of ether oxygens (including phenoxy) is 2.